The van der Waals surface area contributed by atoms with Crippen LogP contribution in [-0.2, 0) is 9.59 Å². The zero-order valence-electron chi connectivity index (χ0n) is 16.5. The summed E-state index contributed by atoms with van der Waals surface area (Å²) in [6, 6.07) is 10.5. The molecule has 2 aromatic rings. The molecule has 2 N–H and O–H groups in total. The Morgan fingerprint density at radius 3 is 2.30 bits per heavy atom. The summed E-state index contributed by atoms with van der Waals surface area (Å²) in [7, 11) is 0. The summed E-state index contributed by atoms with van der Waals surface area (Å²) >= 11 is 1.72. The molecule has 1 heterocycles. The Labute approximate surface area is 165 Å². The average Bonchev–Trinajstić information content (AvgIpc) is 2.96. The Hall–Kier alpha value is -2.34. The third-order valence-corrected chi connectivity index (χ3v) is 5.27. The van der Waals surface area contributed by atoms with Crippen LogP contribution in [0.3, 0.4) is 0 Å². The van der Waals surface area contributed by atoms with E-state index in [9.17, 15) is 9.59 Å². The third-order valence-electron chi connectivity index (χ3n) is 4.28. The van der Waals surface area contributed by atoms with E-state index in [1.807, 2.05) is 39.0 Å². The van der Waals surface area contributed by atoms with Crippen molar-refractivity contribution in [1.82, 2.24) is 10.6 Å². The van der Waals surface area contributed by atoms with Crippen LogP contribution >= 0.6 is 11.3 Å². The Balaban J connectivity index is 1.94. The van der Waals surface area contributed by atoms with Crippen LogP contribution in [0, 0.1) is 19.8 Å². The summed E-state index contributed by atoms with van der Waals surface area (Å²) < 4.78 is 5.45. The van der Waals surface area contributed by atoms with Crippen LogP contribution in [0.15, 0.2) is 36.4 Å². The van der Waals surface area contributed by atoms with Crippen molar-refractivity contribution in [1.29, 1.82) is 0 Å². The summed E-state index contributed by atoms with van der Waals surface area (Å²) in [4.78, 5) is 27.4. The standard InChI is InChI=1S/C21H28N2O3S/c1-13(2)20(23-19(24)12-26-17-9-7-6-8-10-17)21(25)22-15(4)18-11-14(3)27-16(18)5/h6-11,13,15,20H,12H2,1-5H3,(H,22,25)(H,23,24)/t15-,20-/m0/s1. The molecule has 0 aliphatic carbocycles. The van der Waals surface area contributed by atoms with Crippen molar-refractivity contribution in [2.24, 2.45) is 5.92 Å². The second kappa shape index (κ2) is 9.55. The van der Waals surface area contributed by atoms with Crippen molar-refractivity contribution in [3.63, 3.8) is 0 Å². The lowest BCUT2D eigenvalue weighted by molar-refractivity contribution is -0.131. The lowest BCUT2D eigenvalue weighted by atomic mass is 10.0. The minimum Gasteiger partial charge on any atom is -0.484 e. The molecule has 0 saturated carbocycles. The number of hydrogen-bond donors (Lipinski definition) is 2. The van der Waals surface area contributed by atoms with Gasteiger partial charge in [0.15, 0.2) is 6.61 Å². The van der Waals surface area contributed by atoms with Crippen LogP contribution in [0.5, 0.6) is 5.75 Å². The summed E-state index contributed by atoms with van der Waals surface area (Å²) in [5.41, 5.74) is 1.12. The van der Waals surface area contributed by atoms with E-state index in [4.69, 9.17) is 4.74 Å². The molecule has 1 aromatic heterocycles. The molecule has 1 aromatic carbocycles. The summed E-state index contributed by atoms with van der Waals surface area (Å²) in [5, 5.41) is 5.81. The van der Waals surface area contributed by atoms with Gasteiger partial charge in [-0.05, 0) is 50.5 Å². The smallest absolute Gasteiger partial charge is 0.258 e. The normalized spacial score (nSPS) is 13.1. The van der Waals surface area contributed by atoms with Crippen LogP contribution in [0.1, 0.15) is 42.1 Å². The lowest BCUT2D eigenvalue weighted by Gasteiger charge is -2.24. The molecule has 2 amide bonds. The quantitative estimate of drug-likeness (QED) is 0.723. The maximum Gasteiger partial charge on any atom is 0.258 e. The second-order valence-electron chi connectivity index (χ2n) is 6.99. The van der Waals surface area contributed by atoms with Gasteiger partial charge in [0.1, 0.15) is 11.8 Å². The fraction of sp³-hybridized carbons (Fsp3) is 0.429. The van der Waals surface area contributed by atoms with Crippen molar-refractivity contribution in [3.8, 4) is 5.75 Å². The molecule has 0 spiro atoms. The number of rotatable bonds is 8. The highest BCUT2D eigenvalue weighted by Gasteiger charge is 2.26. The number of aryl methyl sites for hydroxylation is 2. The van der Waals surface area contributed by atoms with Crippen LogP contribution in [0.25, 0.3) is 0 Å². The molecule has 2 rings (SSSR count). The molecule has 0 bridgehead atoms. The van der Waals surface area contributed by atoms with Crippen molar-refractivity contribution in [2.45, 2.75) is 46.7 Å². The highest BCUT2D eigenvalue weighted by molar-refractivity contribution is 7.12. The second-order valence-corrected chi connectivity index (χ2v) is 8.45. The van der Waals surface area contributed by atoms with Crippen LogP contribution in [-0.4, -0.2) is 24.5 Å². The minimum atomic E-state index is -0.612. The van der Waals surface area contributed by atoms with Gasteiger partial charge in [-0.2, -0.15) is 0 Å². The molecule has 27 heavy (non-hydrogen) atoms. The number of hydrogen-bond acceptors (Lipinski definition) is 4. The summed E-state index contributed by atoms with van der Waals surface area (Å²) in [6.45, 7) is 9.77. The van der Waals surface area contributed by atoms with Gasteiger partial charge in [0.2, 0.25) is 5.91 Å². The van der Waals surface area contributed by atoms with Gasteiger partial charge in [-0.15, -0.1) is 11.3 Å². The molecule has 0 unspecified atom stereocenters. The van der Waals surface area contributed by atoms with Gasteiger partial charge in [-0.3, -0.25) is 9.59 Å². The van der Waals surface area contributed by atoms with E-state index < -0.39 is 6.04 Å². The van der Waals surface area contributed by atoms with E-state index in [1.165, 1.54) is 9.75 Å². The molecule has 5 nitrogen and oxygen atoms in total. The van der Waals surface area contributed by atoms with Crippen molar-refractivity contribution >= 4 is 23.2 Å². The van der Waals surface area contributed by atoms with Gasteiger partial charge >= 0.3 is 0 Å². The molecule has 0 fully saturated rings. The number of carbonyl (C=O) groups is 2. The number of nitrogens with one attached hydrogen (secondary N) is 2. The molecule has 146 valence electrons. The van der Waals surface area contributed by atoms with E-state index >= 15 is 0 Å². The Morgan fingerprint density at radius 2 is 1.74 bits per heavy atom. The van der Waals surface area contributed by atoms with Gasteiger partial charge in [-0.25, -0.2) is 0 Å². The van der Waals surface area contributed by atoms with E-state index in [0.29, 0.717) is 5.75 Å². The first-order chi connectivity index (χ1) is 12.8. The Bertz CT molecular complexity index is 771. The number of para-hydroxylation sites is 1. The molecule has 0 aliphatic heterocycles. The zero-order valence-corrected chi connectivity index (χ0v) is 17.4. The van der Waals surface area contributed by atoms with E-state index in [-0.39, 0.29) is 30.4 Å². The van der Waals surface area contributed by atoms with Gasteiger partial charge in [0.05, 0.1) is 6.04 Å². The number of ether oxygens (including phenoxy) is 1. The third kappa shape index (κ3) is 6.10. The van der Waals surface area contributed by atoms with Crippen molar-refractivity contribution in [2.75, 3.05) is 6.61 Å². The highest BCUT2D eigenvalue weighted by Crippen LogP contribution is 2.26. The number of benzene rings is 1. The average molecular weight is 389 g/mol. The minimum absolute atomic E-state index is 0.0387. The van der Waals surface area contributed by atoms with Crippen molar-refractivity contribution < 1.29 is 14.3 Å². The SMILES string of the molecule is Cc1cc([C@H](C)NC(=O)[C@@H](NC(=O)COc2ccccc2)C(C)C)c(C)s1. The van der Waals surface area contributed by atoms with Crippen LogP contribution < -0.4 is 15.4 Å². The highest BCUT2D eigenvalue weighted by atomic mass is 32.1. The monoisotopic (exact) mass is 388 g/mol. The van der Waals surface area contributed by atoms with Gasteiger partial charge in [0, 0.05) is 9.75 Å². The largest absolute Gasteiger partial charge is 0.484 e. The van der Waals surface area contributed by atoms with E-state index in [1.54, 1.807) is 23.5 Å². The van der Waals surface area contributed by atoms with E-state index in [2.05, 4.69) is 30.5 Å². The fourth-order valence-electron chi connectivity index (χ4n) is 2.88. The number of amides is 2. The molecular formula is C21H28N2O3S. The zero-order chi connectivity index (χ0) is 20.0. The first-order valence-electron chi connectivity index (χ1n) is 9.12. The molecule has 2 atom stereocenters. The van der Waals surface area contributed by atoms with Crippen LogP contribution in [0.4, 0.5) is 0 Å². The fourth-order valence-corrected chi connectivity index (χ4v) is 3.90. The Kier molecular flexibility index (Phi) is 7.42. The molecule has 0 aliphatic rings. The maximum atomic E-state index is 12.7. The first-order valence-corrected chi connectivity index (χ1v) is 9.94. The molecule has 6 heteroatoms. The van der Waals surface area contributed by atoms with Gasteiger partial charge < -0.3 is 15.4 Å². The van der Waals surface area contributed by atoms with E-state index in [0.717, 1.165) is 5.56 Å². The number of thiophene rings is 1. The van der Waals surface area contributed by atoms with Gasteiger partial charge in [-0.1, -0.05) is 32.0 Å². The lowest BCUT2D eigenvalue weighted by Crippen LogP contribution is -2.51. The first kappa shape index (κ1) is 21.0. The summed E-state index contributed by atoms with van der Waals surface area (Å²) in [6.07, 6.45) is 0. The van der Waals surface area contributed by atoms with Gasteiger partial charge in [0.25, 0.3) is 5.91 Å². The number of carbonyl (C=O) groups excluding carboxylic acids is 2. The molecule has 0 radical (unpaired) electrons. The van der Waals surface area contributed by atoms with Crippen molar-refractivity contribution in [3.05, 3.63) is 51.7 Å². The maximum absolute atomic E-state index is 12.7. The van der Waals surface area contributed by atoms with Crippen LogP contribution in [0.2, 0.25) is 0 Å². The predicted molar refractivity (Wildman–Crippen MR) is 109 cm³/mol. The summed E-state index contributed by atoms with van der Waals surface area (Å²) in [5.74, 6) is 0.0787. The molecular weight excluding hydrogens is 360 g/mol. The predicted octanol–water partition coefficient (Wildman–Crippen LogP) is 3.76. The Morgan fingerprint density at radius 1 is 1.07 bits per heavy atom. The topological polar surface area (TPSA) is 67.4 Å². The molecule has 0 saturated heterocycles.